The Labute approximate surface area is 111 Å². The van der Waals surface area contributed by atoms with Crippen molar-refractivity contribution in [3.8, 4) is 5.82 Å². The molecule has 0 aliphatic carbocycles. The Morgan fingerprint density at radius 3 is 2.89 bits per heavy atom. The molecule has 0 unspecified atom stereocenters. The molecule has 18 heavy (non-hydrogen) atoms. The van der Waals surface area contributed by atoms with Gasteiger partial charge in [0.2, 0.25) is 5.95 Å². The van der Waals surface area contributed by atoms with E-state index in [9.17, 15) is 0 Å². The smallest absolute Gasteiger partial charge is 0.239 e. The van der Waals surface area contributed by atoms with Crippen LogP contribution in [0, 0.1) is 0 Å². The lowest BCUT2D eigenvalue weighted by molar-refractivity contribution is 0.859. The van der Waals surface area contributed by atoms with Gasteiger partial charge in [-0.3, -0.25) is 5.43 Å². The summed E-state index contributed by atoms with van der Waals surface area (Å²) in [5.74, 6) is 6.29. The maximum absolute atomic E-state index is 5.31. The Morgan fingerprint density at radius 2 is 2.06 bits per heavy atom. The van der Waals surface area contributed by atoms with Crippen LogP contribution in [-0.2, 0) is 0 Å². The Hall–Kier alpha value is -1.99. The van der Waals surface area contributed by atoms with E-state index in [2.05, 4.69) is 36.4 Å². The average Bonchev–Trinajstić information content (AvgIpc) is 2.83. The predicted octanol–water partition coefficient (Wildman–Crippen LogP) is 1.86. The SMILES string of the molecule is NNc1ncc(Br)c(-n2ncc3ccccc32)n1. The largest absolute Gasteiger partial charge is 0.292 e. The van der Waals surface area contributed by atoms with E-state index in [0.29, 0.717) is 11.8 Å². The van der Waals surface area contributed by atoms with Gasteiger partial charge in [0, 0.05) is 11.6 Å². The van der Waals surface area contributed by atoms with Gasteiger partial charge in [0.1, 0.15) is 0 Å². The van der Waals surface area contributed by atoms with Crippen molar-refractivity contribution in [3.05, 3.63) is 41.1 Å². The first-order chi connectivity index (χ1) is 8.79. The molecule has 3 N–H and O–H groups in total. The molecule has 0 amide bonds. The van der Waals surface area contributed by atoms with E-state index >= 15 is 0 Å². The highest BCUT2D eigenvalue weighted by Crippen LogP contribution is 2.23. The molecule has 6 nitrogen and oxygen atoms in total. The second kappa shape index (κ2) is 4.35. The molecule has 0 atom stereocenters. The minimum atomic E-state index is 0.341. The van der Waals surface area contributed by atoms with E-state index in [0.717, 1.165) is 15.4 Å². The summed E-state index contributed by atoms with van der Waals surface area (Å²) in [5, 5.41) is 5.38. The summed E-state index contributed by atoms with van der Waals surface area (Å²) < 4.78 is 2.48. The number of hydrogen-bond donors (Lipinski definition) is 2. The second-order valence-electron chi connectivity index (χ2n) is 3.62. The van der Waals surface area contributed by atoms with Gasteiger partial charge in [0.25, 0.3) is 0 Å². The topological polar surface area (TPSA) is 81.6 Å². The highest BCUT2D eigenvalue weighted by Gasteiger charge is 2.10. The van der Waals surface area contributed by atoms with Crippen molar-refractivity contribution < 1.29 is 0 Å². The highest BCUT2D eigenvalue weighted by molar-refractivity contribution is 9.10. The minimum Gasteiger partial charge on any atom is -0.292 e. The number of benzene rings is 1. The third-order valence-electron chi connectivity index (χ3n) is 2.53. The van der Waals surface area contributed by atoms with Crippen LogP contribution in [0.4, 0.5) is 5.95 Å². The van der Waals surface area contributed by atoms with Gasteiger partial charge in [-0.2, -0.15) is 10.1 Å². The lowest BCUT2D eigenvalue weighted by atomic mass is 10.2. The lowest BCUT2D eigenvalue weighted by Crippen LogP contribution is -2.12. The van der Waals surface area contributed by atoms with Gasteiger partial charge in [-0.05, 0) is 22.0 Å². The molecular weight excluding hydrogens is 296 g/mol. The molecule has 0 aliphatic rings. The third-order valence-corrected chi connectivity index (χ3v) is 3.09. The second-order valence-corrected chi connectivity index (χ2v) is 4.48. The number of nitrogens with one attached hydrogen (secondary N) is 1. The number of hydrazine groups is 1. The monoisotopic (exact) mass is 304 g/mol. The Kier molecular flexibility index (Phi) is 2.69. The van der Waals surface area contributed by atoms with Crippen molar-refractivity contribution in [2.45, 2.75) is 0 Å². The predicted molar refractivity (Wildman–Crippen MR) is 72.2 cm³/mol. The summed E-state index contributed by atoms with van der Waals surface area (Å²) in [4.78, 5) is 8.30. The van der Waals surface area contributed by atoms with Crippen LogP contribution in [0.3, 0.4) is 0 Å². The third kappa shape index (κ3) is 1.73. The van der Waals surface area contributed by atoms with Crippen molar-refractivity contribution in [3.63, 3.8) is 0 Å². The summed E-state index contributed by atoms with van der Waals surface area (Å²) in [6, 6.07) is 7.90. The zero-order chi connectivity index (χ0) is 12.5. The Bertz CT molecular complexity index is 708. The number of halogens is 1. The fraction of sp³-hybridized carbons (Fsp3) is 0. The van der Waals surface area contributed by atoms with Gasteiger partial charge in [-0.1, -0.05) is 18.2 Å². The number of rotatable bonds is 2. The van der Waals surface area contributed by atoms with E-state index < -0.39 is 0 Å². The first-order valence-electron chi connectivity index (χ1n) is 5.22. The van der Waals surface area contributed by atoms with Gasteiger partial charge >= 0.3 is 0 Å². The molecule has 0 spiro atoms. The highest BCUT2D eigenvalue weighted by atomic mass is 79.9. The van der Waals surface area contributed by atoms with E-state index in [1.54, 1.807) is 17.1 Å². The molecule has 3 rings (SSSR count). The maximum atomic E-state index is 5.31. The number of aromatic nitrogens is 4. The molecule has 0 aliphatic heterocycles. The first-order valence-corrected chi connectivity index (χ1v) is 6.01. The van der Waals surface area contributed by atoms with Crippen LogP contribution in [0.25, 0.3) is 16.7 Å². The zero-order valence-electron chi connectivity index (χ0n) is 9.21. The van der Waals surface area contributed by atoms with Crippen LogP contribution < -0.4 is 11.3 Å². The summed E-state index contributed by atoms with van der Waals surface area (Å²) >= 11 is 3.41. The van der Waals surface area contributed by atoms with E-state index in [4.69, 9.17) is 5.84 Å². The molecule has 90 valence electrons. The van der Waals surface area contributed by atoms with Crippen LogP contribution in [0.2, 0.25) is 0 Å². The van der Waals surface area contributed by atoms with Crippen LogP contribution >= 0.6 is 15.9 Å². The Morgan fingerprint density at radius 1 is 1.22 bits per heavy atom. The molecule has 7 heteroatoms. The number of fused-ring (bicyclic) bond motifs is 1. The summed E-state index contributed by atoms with van der Waals surface area (Å²) in [6.45, 7) is 0. The van der Waals surface area contributed by atoms with Crippen LogP contribution in [0.1, 0.15) is 0 Å². The van der Waals surface area contributed by atoms with Gasteiger partial charge in [0.05, 0.1) is 16.2 Å². The number of nitrogen functional groups attached to an aromatic ring is 1. The fourth-order valence-corrected chi connectivity index (χ4v) is 2.08. The molecule has 2 aromatic heterocycles. The van der Waals surface area contributed by atoms with Gasteiger partial charge in [-0.15, -0.1) is 0 Å². The molecule has 0 bridgehead atoms. The van der Waals surface area contributed by atoms with Crippen molar-refractivity contribution in [1.29, 1.82) is 0 Å². The Balaban J connectivity index is 2.25. The molecule has 0 saturated carbocycles. The van der Waals surface area contributed by atoms with Crippen molar-refractivity contribution in [2.24, 2.45) is 5.84 Å². The molecule has 0 fully saturated rings. The van der Waals surface area contributed by atoms with Gasteiger partial charge < -0.3 is 0 Å². The molecule has 2 heterocycles. The normalized spacial score (nSPS) is 10.8. The van der Waals surface area contributed by atoms with Gasteiger partial charge in [0.15, 0.2) is 5.82 Å². The quantitative estimate of drug-likeness (QED) is 0.558. The van der Waals surface area contributed by atoms with Crippen LogP contribution in [-0.4, -0.2) is 19.7 Å². The van der Waals surface area contributed by atoms with E-state index in [1.165, 1.54) is 0 Å². The number of anilines is 1. The maximum Gasteiger partial charge on any atom is 0.239 e. The van der Waals surface area contributed by atoms with Crippen molar-refractivity contribution in [1.82, 2.24) is 19.7 Å². The molecule has 3 aromatic rings. The molecule has 0 radical (unpaired) electrons. The number of hydrogen-bond acceptors (Lipinski definition) is 5. The summed E-state index contributed by atoms with van der Waals surface area (Å²) in [6.07, 6.45) is 3.42. The lowest BCUT2D eigenvalue weighted by Gasteiger charge is -2.06. The van der Waals surface area contributed by atoms with Crippen molar-refractivity contribution in [2.75, 3.05) is 5.43 Å². The molecule has 0 saturated heterocycles. The van der Waals surface area contributed by atoms with Crippen LogP contribution in [0.5, 0.6) is 0 Å². The van der Waals surface area contributed by atoms with E-state index in [1.807, 2.05) is 24.3 Å². The van der Waals surface area contributed by atoms with Crippen LogP contribution in [0.15, 0.2) is 41.1 Å². The summed E-state index contributed by atoms with van der Waals surface area (Å²) in [7, 11) is 0. The molecular formula is C11H9BrN6. The molecule has 1 aromatic carbocycles. The first kappa shape index (κ1) is 11.1. The fourth-order valence-electron chi connectivity index (χ4n) is 1.72. The summed E-state index contributed by atoms with van der Waals surface area (Å²) in [5.41, 5.74) is 3.39. The zero-order valence-corrected chi connectivity index (χ0v) is 10.8. The van der Waals surface area contributed by atoms with E-state index in [-0.39, 0.29) is 0 Å². The minimum absolute atomic E-state index is 0.341. The number of nitrogens with two attached hydrogens (primary N) is 1. The number of nitrogens with zero attached hydrogens (tertiary/aromatic N) is 4. The van der Waals surface area contributed by atoms with Gasteiger partial charge in [-0.25, -0.2) is 15.5 Å². The average molecular weight is 305 g/mol. The standard InChI is InChI=1S/C11H9BrN6/c12-8-6-14-11(17-13)16-10(8)18-9-4-2-1-3-7(9)5-15-18/h1-6H,13H2,(H,14,16,17). The van der Waals surface area contributed by atoms with Crippen molar-refractivity contribution >= 4 is 32.8 Å². The number of para-hydroxylation sites is 1.